The summed E-state index contributed by atoms with van der Waals surface area (Å²) in [4.78, 5) is 22.7. The SMILES string of the molecule is CN(NC(=O)c1ccccc1O)C(=O)CCl. The summed E-state index contributed by atoms with van der Waals surface area (Å²) in [6, 6.07) is 6.04. The summed E-state index contributed by atoms with van der Waals surface area (Å²) in [7, 11) is 1.38. The number of benzene rings is 1. The predicted octanol–water partition coefficient (Wildman–Crippen LogP) is 0.734. The van der Waals surface area contributed by atoms with Gasteiger partial charge in [0.05, 0.1) is 5.56 Å². The molecule has 0 aliphatic carbocycles. The number of hydrogen-bond acceptors (Lipinski definition) is 3. The van der Waals surface area contributed by atoms with Crippen LogP contribution in [0.5, 0.6) is 5.75 Å². The van der Waals surface area contributed by atoms with E-state index in [1.807, 2.05) is 0 Å². The number of nitrogens with one attached hydrogen (secondary N) is 1. The molecule has 0 unspecified atom stereocenters. The molecule has 0 fully saturated rings. The van der Waals surface area contributed by atoms with Gasteiger partial charge in [0.15, 0.2) is 0 Å². The Kier molecular flexibility index (Phi) is 4.13. The monoisotopic (exact) mass is 242 g/mol. The van der Waals surface area contributed by atoms with E-state index in [4.69, 9.17) is 11.6 Å². The quantitative estimate of drug-likeness (QED) is 0.594. The van der Waals surface area contributed by atoms with Crippen LogP contribution in [0, 0.1) is 0 Å². The number of amides is 2. The molecule has 86 valence electrons. The Morgan fingerprint density at radius 2 is 2.06 bits per heavy atom. The molecule has 0 aromatic heterocycles. The van der Waals surface area contributed by atoms with Gasteiger partial charge in [0.25, 0.3) is 11.8 Å². The van der Waals surface area contributed by atoms with Crippen LogP contribution in [0.2, 0.25) is 0 Å². The van der Waals surface area contributed by atoms with Gasteiger partial charge in [-0.25, -0.2) is 0 Å². The molecule has 2 N–H and O–H groups in total. The molecule has 0 spiro atoms. The van der Waals surface area contributed by atoms with Crippen LogP contribution < -0.4 is 5.43 Å². The van der Waals surface area contributed by atoms with Gasteiger partial charge in [-0.1, -0.05) is 12.1 Å². The summed E-state index contributed by atoms with van der Waals surface area (Å²) in [5.41, 5.74) is 2.38. The highest BCUT2D eigenvalue weighted by molar-refractivity contribution is 6.27. The zero-order valence-electron chi connectivity index (χ0n) is 8.61. The minimum Gasteiger partial charge on any atom is -0.507 e. The first kappa shape index (κ1) is 12.3. The first-order valence-corrected chi connectivity index (χ1v) is 5.01. The van der Waals surface area contributed by atoms with Crippen molar-refractivity contribution in [1.82, 2.24) is 10.4 Å². The molecule has 0 aliphatic rings. The third-order valence-electron chi connectivity index (χ3n) is 1.91. The van der Waals surface area contributed by atoms with Crippen molar-refractivity contribution in [3.63, 3.8) is 0 Å². The van der Waals surface area contributed by atoms with Gasteiger partial charge >= 0.3 is 0 Å². The second-order valence-electron chi connectivity index (χ2n) is 3.04. The molecular formula is C10H11ClN2O3. The molecule has 0 saturated carbocycles. The molecule has 6 heteroatoms. The number of carbonyl (C=O) groups excluding carboxylic acids is 2. The molecule has 0 saturated heterocycles. The minimum atomic E-state index is -0.570. The molecule has 0 bridgehead atoms. The second kappa shape index (κ2) is 5.37. The predicted molar refractivity (Wildman–Crippen MR) is 59.1 cm³/mol. The lowest BCUT2D eigenvalue weighted by atomic mass is 10.2. The van der Waals surface area contributed by atoms with Gasteiger partial charge in [0.2, 0.25) is 0 Å². The normalized spacial score (nSPS) is 9.62. The van der Waals surface area contributed by atoms with E-state index in [1.54, 1.807) is 12.1 Å². The van der Waals surface area contributed by atoms with E-state index in [0.717, 1.165) is 5.01 Å². The van der Waals surface area contributed by atoms with Crippen molar-refractivity contribution in [1.29, 1.82) is 0 Å². The summed E-state index contributed by atoms with van der Waals surface area (Å²) in [5, 5.41) is 10.4. The van der Waals surface area contributed by atoms with E-state index in [1.165, 1.54) is 19.2 Å². The standard InChI is InChI=1S/C10H11ClN2O3/c1-13(9(15)6-11)12-10(16)7-4-2-3-5-8(7)14/h2-5,14H,6H2,1H3,(H,12,16). The van der Waals surface area contributed by atoms with Crippen LogP contribution in [0.25, 0.3) is 0 Å². The number of phenolic OH excluding ortho intramolecular Hbond substituents is 1. The van der Waals surface area contributed by atoms with E-state index in [-0.39, 0.29) is 17.2 Å². The van der Waals surface area contributed by atoms with Gasteiger partial charge in [-0.2, -0.15) is 0 Å². The first-order valence-electron chi connectivity index (χ1n) is 4.47. The van der Waals surface area contributed by atoms with Crippen molar-refractivity contribution in [2.24, 2.45) is 0 Å². The zero-order chi connectivity index (χ0) is 12.1. The Morgan fingerprint density at radius 3 is 2.62 bits per heavy atom. The minimum absolute atomic E-state index is 0.0942. The number of aromatic hydroxyl groups is 1. The maximum atomic E-state index is 11.6. The summed E-state index contributed by atoms with van der Waals surface area (Å²) in [5.74, 6) is -1.38. The average molecular weight is 243 g/mol. The Bertz CT molecular complexity index is 409. The van der Waals surface area contributed by atoms with Gasteiger partial charge in [-0.15, -0.1) is 11.6 Å². The largest absolute Gasteiger partial charge is 0.507 e. The molecule has 1 rings (SSSR count). The number of hydrogen-bond donors (Lipinski definition) is 2. The fourth-order valence-electron chi connectivity index (χ4n) is 1.03. The summed E-state index contributed by atoms with van der Waals surface area (Å²) >= 11 is 5.32. The Balaban J connectivity index is 2.73. The lowest BCUT2D eigenvalue weighted by molar-refractivity contribution is -0.129. The van der Waals surface area contributed by atoms with Gasteiger partial charge in [0, 0.05) is 7.05 Å². The number of alkyl halides is 1. The fourth-order valence-corrected chi connectivity index (χ4v) is 1.21. The Labute approximate surface area is 97.6 Å². The summed E-state index contributed by atoms with van der Waals surface area (Å²) in [6.45, 7) is 0. The van der Waals surface area contributed by atoms with Gasteiger partial charge in [-0.3, -0.25) is 20.0 Å². The van der Waals surface area contributed by atoms with E-state index in [9.17, 15) is 14.7 Å². The molecule has 1 aromatic carbocycles. The average Bonchev–Trinajstić information content (AvgIpc) is 2.28. The lowest BCUT2D eigenvalue weighted by Gasteiger charge is -2.17. The van der Waals surface area contributed by atoms with Crippen molar-refractivity contribution in [2.75, 3.05) is 12.9 Å². The molecule has 2 amide bonds. The zero-order valence-corrected chi connectivity index (χ0v) is 9.36. The van der Waals surface area contributed by atoms with Crippen LogP contribution >= 0.6 is 11.6 Å². The maximum Gasteiger partial charge on any atom is 0.273 e. The van der Waals surface area contributed by atoms with Crippen molar-refractivity contribution < 1.29 is 14.7 Å². The highest BCUT2D eigenvalue weighted by Gasteiger charge is 2.14. The van der Waals surface area contributed by atoms with Crippen molar-refractivity contribution >= 4 is 23.4 Å². The van der Waals surface area contributed by atoms with E-state index in [0.29, 0.717) is 0 Å². The van der Waals surface area contributed by atoms with Gasteiger partial charge in [0.1, 0.15) is 11.6 Å². The van der Waals surface area contributed by atoms with E-state index >= 15 is 0 Å². The number of rotatable bonds is 2. The third-order valence-corrected chi connectivity index (χ3v) is 2.13. The van der Waals surface area contributed by atoms with Crippen LogP contribution in [-0.2, 0) is 4.79 Å². The molecule has 0 aliphatic heterocycles. The molecule has 5 nitrogen and oxygen atoms in total. The highest BCUT2D eigenvalue weighted by atomic mass is 35.5. The number of para-hydroxylation sites is 1. The van der Waals surface area contributed by atoms with Crippen LogP contribution in [0.4, 0.5) is 0 Å². The third kappa shape index (κ3) is 2.87. The maximum absolute atomic E-state index is 11.6. The highest BCUT2D eigenvalue weighted by Crippen LogP contribution is 2.14. The number of halogens is 1. The number of carbonyl (C=O) groups is 2. The van der Waals surface area contributed by atoms with Crippen LogP contribution in [0.3, 0.4) is 0 Å². The first-order chi connectivity index (χ1) is 7.56. The molecule has 16 heavy (non-hydrogen) atoms. The lowest BCUT2D eigenvalue weighted by Crippen LogP contribution is -2.43. The molecule has 0 radical (unpaired) electrons. The molecule has 1 aromatic rings. The van der Waals surface area contributed by atoms with Crippen molar-refractivity contribution in [2.45, 2.75) is 0 Å². The van der Waals surface area contributed by atoms with Crippen LogP contribution in [0.1, 0.15) is 10.4 Å². The van der Waals surface area contributed by atoms with Crippen LogP contribution in [-0.4, -0.2) is 34.9 Å². The number of phenols is 1. The fraction of sp³-hybridized carbons (Fsp3) is 0.200. The Morgan fingerprint density at radius 1 is 1.44 bits per heavy atom. The van der Waals surface area contributed by atoms with E-state index in [2.05, 4.69) is 5.43 Å². The summed E-state index contributed by atoms with van der Waals surface area (Å²) in [6.07, 6.45) is 0. The van der Waals surface area contributed by atoms with Gasteiger partial charge in [-0.05, 0) is 12.1 Å². The number of nitrogens with zero attached hydrogens (tertiary/aromatic N) is 1. The topological polar surface area (TPSA) is 69.6 Å². The molecule has 0 atom stereocenters. The van der Waals surface area contributed by atoms with E-state index < -0.39 is 11.8 Å². The van der Waals surface area contributed by atoms with Crippen molar-refractivity contribution in [3.05, 3.63) is 29.8 Å². The molecular weight excluding hydrogens is 232 g/mol. The van der Waals surface area contributed by atoms with Gasteiger partial charge < -0.3 is 5.11 Å². The van der Waals surface area contributed by atoms with Crippen LogP contribution in [0.15, 0.2) is 24.3 Å². The Hall–Kier alpha value is -1.75. The second-order valence-corrected chi connectivity index (χ2v) is 3.31. The smallest absolute Gasteiger partial charge is 0.273 e. The summed E-state index contributed by atoms with van der Waals surface area (Å²) < 4.78 is 0. The molecule has 0 heterocycles. The van der Waals surface area contributed by atoms with Crippen molar-refractivity contribution in [3.8, 4) is 5.75 Å². The number of hydrazine groups is 1.